The van der Waals surface area contributed by atoms with Crippen molar-refractivity contribution in [3.8, 4) is 0 Å². The third-order valence-electron chi connectivity index (χ3n) is 3.29. The number of aryl methyl sites for hydroxylation is 1. The Labute approximate surface area is 119 Å². The van der Waals surface area contributed by atoms with Crippen LogP contribution in [0.3, 0.4) is 0 Å². The molecule has 3 N–H and O–H groups in total. The lowest BCUT2D eigenvalue weighted by atomic mass is 10.1. The van der Waals surface area contributed by atoms with Gasteiger partial charge in [0.2, 0.25) is 0 Å². The fourth-order valence-corrected chi connectivity index (χ4v) is 1.99. The maximum Gasteiger partial charge on any atom is 0.255 e. The van der Waals surface area contributed by atoms with E-state index in [1.807, 2.05) is 55.5 Å². The van der Waals surface area contributed by atoms with Crippen molar-refractivity contribution in [1.29, 1.82) is 0 Å². The molecule has 0 aliphatic heterocycles. The molecule has 0 fully saturated rings. The van der Waals surface area contributed by atoms with Crippen molar-refractivity contribution in [2.24, 2.45) is 5.73 Å². The average Bonchev–Trinajstić information content (AvgIpc) is 2.47. The summed E-state index contributed by atoms with van der Waals surface area (Å²) in [5, 5.41) is 2.90. The van der Waals surface area contributed by atoms with Gasteiger partial charge in [0.15, 0.2) is 0 Å². The number of rotatable bonds is 4. The van der Waals surface area contributed by atoms with Crippen molar-refractivity contribution < 1.29 is 4.79 Å². The van der Waals surface area contributed by atoms with E-state index in [-0.39, 0.29) is 11.9 Å². The van der Waals surface area contributed by atoms with Crippen molar-refractivity contribution in [3.63, 3.8) is 0 Å². The topological polar surface area (TPSA) is 55.1 Å². The summed E-state index contributed by atoms with van der Waals surface area (Å²) in [6.45, 7) is 4.01. The van der Waals surface area contributed by atoms with Gasteiger partial charge in [0.25, 0.3) is 5.91 Å². The molecular weight excluding hydrogens is 248 g/mol. The number of amides is 1. The second-order valence-electron chi connectivity index (χ2n) is 4.92. The van der Waals surface area contributed by atoms with Gasteiger partial charge in [-0.15, -0.1) is 0 Å². The maximum atomic E-state index is 12.2. The van der Waals surface area contributed by atoms with Crippen molar-refractivity contribution >= 4 is 11.6 Å². The van der Waals surface area contributed by atoms with Crippen molar-refractivity contribution in [1.82, 2.24) is 0 Å². The molecular formula is C17H20N2O. The fourth-order valence-electron chi connectivity index (χ4n) is 1.99. The Morgan fingerprint density at radius 1 is 1.20 bits per heavy atom. The van der Waals surface area contributed by atoms with Gasteiger partial charge in [-0.25, -0.2) is 0 Å². The summed E-state index contributed by atoms with van der Waals surface area (Å²) in [7, 11) is 0. The van der Waals surface area contributed by atoms with Crippen LogP contribution in [0.1, 0.15) is 41.4 Å². The minimum Gasteiger partial charge on any atom is -0.324 e. The van der Waals surface area contributed by atoms with Crippen LogP contribution in [-0.4, -0.2) is 5.91 Å². The standard InChI is InChI=1S/C17H20N2O/c1-3-13-7-9-14(10-8-13)17(20)19-16-6-4-5-15(11-16)12(2)18/h4-12H,3,18H2,1-2H3,(H,19,20). The molecule has 2 aromatic rings. The van der Waals surface area contributed by atoms with E-state index in [0.29, 0.717) is 5.56 Å². The zero-order valence-electron chi connectivity index (χ0n) is 11.9. The Morgan fingerprint density at radius 3 is 2.50 bits per heavy atom. The molecule has 104 valence electrons. The number of benzene rings is 2. The van der Waals surface area contributed by atoms with Crippen molar-refractivity contribution in [3.05, 3.63) is 65.2 Å². The number of carbonyl (C=O) groups excluding carboxylic acids is 1. The second-order valence-corrected chi connectivity index (χ2v) is 4.92. The Balaban J connectivity index is 2.12. The van der Waals surface area contributed by atoms with Gasteiger partial charge in [-0.05, 0) is 48.7 Å². The molecule has 0 heterocycles. The van der Waals surface area contributed by atoms with Gasteiger partial charge in [-0.1, -0.05) is 31.2 Å². The van der Waals surface area contributed by atoms with Gasteiger partial charge in [0, 0.05) is 17.3 Å². The first kappa shape index (κ1) is 14.3. The second kappa shape index (κ2) is 6.35. The number of nitrogens with two attached hydrogens (primary N) is 1. The Hall–Kier alpha value is -2.13. The summed E-state index contributed by atoms with van der Waals surface area (Å²) in [5.74, 6) is -0.102. The summed E-state index contributed by atoms with van der Waals surface area (Å²) in [5.41, 5.74) is 9.50. The molecule has 0 saturated heterocycles. The van der Waals surface area contributed by atoms with Crippen LogP contribution >= 0.6 is 0 Å². The summed E-state index contributed by atoms with van der Waals surface area (Å²) < 4.78 is 0. The number of anilines is 1. The lowest BCUT2D eigenvalue weighted by molar-refractivity contribution is 0.102. The fraction of sp³-hybridized carbons (Fsp3) is 0.235. The number of hydrogen-bond acceptors (Lipinski definition) is 2. The molecule has 1 unspecified atom stereocenters. The Bertz CT molecular complexity index is 588. The van der Waals surface area contributed by atoms with Crippen molar-refractivity contribution in [2.75, 3.05) is 5.32 Å². The summed E-state index contributed by atoms with van der Waals surface area (Å²) >= 11 is 0. The molecule has 0 aromatic heterocycles. The molecule has 2 aromatic carbocycles. The van der Waals surface area contributed by atoms with Gasteiger partial charge < -0.3 is 11.1 Å². The molecule has 3 nitrogen and oxygen atoms in total. The molecule has 0 radical (unpaired) electrons. The van der Waals surface area contributed by atoms with Crippen LogP contribution in [0.25, 0.3) is 0 Å². The van der Waals surface area contributed by atoms with E-state index in [2.05, 4.69) is 12.2 Å². The van der Waals surface area contributed by atoms with Crippen LogP contribution in [0.2, 0.25) is 0 Å². The van der Waals surface area contributed by atoms with Gasteiger partial charge in [0.1, 0.15) is 0 Å². The van der Waals surface area contributed by atoms with Crippen LogP contribution in [0.5, 0.6) is 0 Å². The minimum atomic E-state index is -0.102. The molecule has 0 saturated carbocycles. The summed E-state index contributed by atoms with van der Waals surface area (Å²) in [6.07, 6.45) is 0.971. The zero-order valence-corrected chi connectivity index (χ0v) is 11.9. The third-order valence-corrected chi connectivity index (χ3v) is 3.29. The van der Waals surface area contributed by atoms with Gasteiger partial charge in [-0.2, -0.15) is 0 Å². The largest absolute Gasteiger partial charge is 0.324 e. The molecule has 0 spiro atoms. The predicted octanol–water partition coefficient (Wildman–Crippen LogP) is 3.52. The first-order valence-electron chi connectivity index (χ1n) is 6.86. The molecule has 20 heavy (non-hydrogen) atoms. The quantitative estimate of drug-likeness (QED) is 0.891. The highest BCUT2D eigenvalue weighted by molar-refractivity contribution is 6.04. The van der Waals surface area contributed by atoms with E-state index in [1.165, 1.54) is 5.56 Å². The Kier molecular flexibility index (Phi) is 4.53. The van der Waals surface area contributed by atoms with E-state index in [9.17, 15) is 4.79 Å². The molecule has 3 heteroatoms. The highest BCUT2D eigenvalue weighted by Crippen LogP contribution is 2.16. The molecule has 2 rings (SSSR count). The molecule has 1 atom stereocenters. The first-order valence-corrected chi connectivity index (χ1v) is 6.86. The summed E-state index contributed by atoms with van der Waals surface area (Å²) in [4.78, 5) is 12.2. The Morgan fingerprint density at radius 2 is 1.90 bits per heavy atom. The molecule has 0 bridgehead atoms. The number of hydrogen-bond donors (Lipinski definition) is 2. The number of carbonyl (C=O) groups is 1. The van der Waals surface area contributed by atoms with E-state index in [1.54, 1.807) is 0 Å². The van der Waals surface area contributed by atoms with Crippen LogP contribution in [0, 0.1) is 0 Å². The smallest absolute Gasteiger partial charge is 0.255 e. The zero-order chi connectivity index (χ0) is 14.5. The van der Waals surface area contributed by atoms with Crippen LogP contribution in [0.15, 0.2) is 48.5 Å². The van der Waals surface area contributed by atoms with E-state index in [4.69, 9.17) is 5.73 Å². The maximum absolute atomic E-state index is 12.2. The van der Waals surface area contributed by atoms with Crippen LogP contribution in [-0.2, 0) is 6.42 Å². The average molecular weight is 268 g/mol. The highest BCUT2D eigenvalue weighted by Gasteiger charge is 2.07. The molecule has 0 aliphatic carbocycles. The first-order chi connectivity index (χ1) is 9.60. The SMILES string of the molecule is CCc1ccc(C(=O)Nc2cccc(C(C)N)c2)cc1. The predicted molar refractivity (Wildman–Crippen MR) is 82.8 cm³/mol. The lowest BCUT2D eigenvalue weighted by Crippen LogP contribution is -2.12. The van der Waals surface area contributed by atoms with Gasteiger partial charge in [0.05, 0.1) is 0 Å². The third kappa shape index (κ3) is 3.45. The van der Waals surface area contributed by atoms with Gasteiger partial charge in [-0.3, -0.25) is 4.79 Å². The van der Waals surface area contributed by atoms with E-state index >= 15 is 0 Å². The van der Waals surface area contributed by atoms with Crippen molar-refractivity contribution in [2.45, 2.75) is 26.3 Å². The lowest BCUT2D eigenvalue weighted by Gasteiger charge is -2.10. The number of nitrogens with one attached hydrogen (secondary N) is 1. The van der Waals surface area contributed by atoms with E-state index in [0.717, 1.165) is 17.7 Å². The van der Waals surface area contributed by atoms with Gasteiger partial charge >= 0.3 is 0 Å². The minimum absolute atomic E-state index is 0.0457. The normalized spacial score (nSPS) is 11.9. The molecule has 0 aliphatic rings. The van der Waals surface area contributed by atoms with Crippen LogP contribution < -0.4 is 11.1 Å². The highest BCUT2D eigenvalue weighted by atomic mass is 16.1. The summed E-state index contributed by atoms with van der Waals surface area (Å²) in [6, 6.07) is 15.2. The van der Waals surface area contributed by atoms with E-state index < -0.39 is 0 Å². The molecule has 1 amide bonds. The monoisotopic (exact) mass is 268 g/mol. The van der Waals surface area contributed by atoms with Crippen LogP contribution in [0.4, 0.5) is 5.69 Å².